The molecule has 0 saturated carbocycles. The van der Waals surface area contributed by atoms with E-state index in [4.69, 9.17) is 0 Å². The zero-order valence-electron chi connectivity index (χ0n) is 14.3. The third kappa shape index (κ3) is 4.31. The molecule has 3 aromatic rings. The van der Waals surface area contributed by atoms with Crippen molar-refractivity contribution in [2.75, 3.05) is 5.32 Å². The molecule has 1 aromatic carbocycles. The van der Waals surface area contributed by atoms with Crippen molar-refractivity contribution in [3.05, 3.63) is 75.0 Å². The van der Waals surface area contributed by atoms with Crippen molar-refractivity contribution >= 4 is 22.9 Å². The van der Waals surface area contributed by atoms with Crippen molar-refractivity contribution in [1.29, 1.82) is 0 Å². The number of carbonyl (C=O) groups excluding carboxylic acids is 1. The van der Waals surface area contributed by atoms with Gasteiger partial charge in [-0.25, -0.2) is 4.98 Å². The van der Waals surface area contributed by atoms with Crippen molar-refractivity contribution in [3.8, 4) is 11.8 Å². The number of aromatic nitrogens is 2. The van der Waals surface area contributed by atoms with Crippen LogP contribution in [0.2, 0.25) is 0 Å². The molecule has 1 N–H and O–H groups in total. The number of thiazole rings is 1. The maximum Gasteiger partial charge on any atom is 0.274 e. The van der Waals surface area contributed by atoms with Gasteiger partial charge in [-0.05, 0) is 62.1 Å². The summed E-state index contributed by atoms with van der Waals surface area (Å²) in [4.78, 5) is 21.6. The highest BCUT2D eigenvalue weighted by Crippen LogP contribution is 2.16. The van der Waals surface area contributed by atoms with Crippen molar-refractivity contribution < 1.29 is 4.79 Å². The number of amides is 1. The van der Waals surface area contributed by atoms with Crippen LogP contribution in [0.3, 0.4) is 0 Å². The van der Waals surface area contributed by atoms with E-state index in [0.29, 0.717) is 11.4 Å². The van der Waals surface area contributed by atoms with Gasteiger partial charge in [0.25, 0.3) is 5.91 Å². The van der Waals surface area contributed by atoms with E-state index in [9.17, 15) is 4.79 Å². The summed E-state index contributed by atoms with van der Waals surface area (Å²) >= 11 is 1.56. The van der Waals surface area contributed by atoms with Gasteiger partial charge in [-0.15, -0.1) is 11.3 Å². The predicted octanol–water partition coefficient (Wildman–Crippen LogP) is 4.12. The van der Waals surface area contributed by atoms with Gasteiger partial charge in [-0.3, -0.25) is 9.78 Å². The summed E-state index contributed by atoms with van der Waals surface area (Å²) in [5.41, 5.74) is 4.02. The minimum absolute atomic E-state index is 0.232. The molecular weight excluding hydrogens is 330 g/mol. The number of anilines is 1. The molecular formula is C20H17N3OS. The van der Waals surface area contributed by atoms with Crippen LogP contribution in [0, 0.1) is 32.6 Å². The molecule has 0 fully saturated rings. The first kappa shape index (κ1) is 16.9. The standard InChI is InChI=1S/C20H17N3OS/c1-13-8-9-21-19(10-13)20(24)23-17-6-4-14(2)16(11-17)5-7-18-12-22-15(3)25-18/h4,6,8-12H,1-3H3,(H,23,24). The summed E-state index contributed by atoms with van der Waals surface area (Å²) in [6, 6.07) is 9.31. The van der Waals surface area contributed by atoms with Gasteiger partial charge in [0.05, 0.1) is 16.1 Å². The van der Waals surface area contributed by atoms with Gasteiger partial charge in [-0.2, -0.15) is 0 Å². The molecule has 0 bridgehead atoms. The number of nitrogens with one attached hydrogen (secondary N) is 1. The molecule has 4 nitrogen and oxygen atoms in total. The number of nitrogens with zero attached hydrogens (tertiary/aromatic N) is 2. The number of hydrogen-bond donors (Lipinski definition) is 1. The first-order chi connectivity index (χ1) is 12.0. The molecule has 0 aliphatic heterocycles. The third-order valence-electron chi connectivity index (χ3n) is 3.59. The first-order valence-corrected chi connectivity index (χ1v) is 8.62. The molecule has 2 aromatic heterocycles. The Labute approximate surface area is 151 Å². The lowest BCUT2D eigenvalue weighted by Crippen LogP contribution is -2.13. The Bertz CT molecular complexity index is 995. The fourth-order valence-electron chi connectivity index (χ4n) is 2.24. The molecule has 2 heterocycles. The highest BCUT2D eigenvalue weighted by Gasteiger charge is 2.08. The smallest absolute Gasteiger partial charge is 0.274 e. The van der Waals surface area contributed by atoms with Crippen molar-refractivity contribution in [1.82, 2.24) is 9.97 Å². The Kier molecular flexibility index (Phi) is 4.92. The zero-order chi connectivity index (χ0) is 17.8. The molecule has 0 aliphatic carbocycles. The Hall–Kier alpha value is -2.97. The van der Waals surface area contributed by atoms with E-state index >= 15 is 0 Å². The average Bonchev–Trinajstić information content (AvgIpc) is 3.00. The Morgan fingerprint density at radius 2 is 1.92 bits per heavy atom. The minimum Gasteiger partial charge on any atom is -0.321 e. The lowest BCUT2D eigenvalue weighted by atomic mass is 10.1. The quantitative estimate of drug-likeness (QED) is 0.710. The number of benzene rings is 1. The molecule has 1 amide bonds. The Balaban J connectivity index is 1.82. The van der Waals surface area contributed by atoms with E-state index in [-0.39, 0.29) is 5.91 Å². The molecule has 3 rings (SSSR count). The number of pyridine rings is 1. The first-order valence-electron chi connectivity index (χ1n) is 7.80. The highest BCUT2D eigenvalue weighted by molar-refractivity contribution is 7.12. The summed E-state index contributed by atoms with van der Waals surface area (Å²) in [6.45, 7) is 5.88. The normalized spacial score (nSPS) is 10.0. The van der Waals surface area contributed by atoms with E-state index in [0.717, 1.165) is 26.6 Å². The maximum absolute atomic E-state index is 12.3. The number of aryl methyl sites for hydroxylation is 3. The Morgan fingerprint density at radius 3 is 2.64 bits per heavy atom. The molecule has 5 heteroatoms. The fourth-order valence-corrected chi connectivity index (χ4v) is 2.87. The second kappa shape index (κ2) is 7.29. The van der Waals surface area contributed by atoms with Crippen molar-refractivity contribution in [2.45, 2.75) is 20.8 Å². The van der Waals surface area contributed by atoms with Gasteiger partial charge in [0.2, 0.25) is 0 Å². The SMILES string of the molecule is Cc1ccnc(C(=O)Nc2ccc(C)c(C#Cc3cnc(C)s3)c2)c1. The van der Waals surface area contributed by atoms with Crippen LogP contribution in [-0.2, 0) is 0 Å². The van der Waals surface area contributed by atoms with E-state index < -0.39 is 0 Å². The zero-order valence-corrected chi connectivity index (χ0v) is 15.1. The average molecular weight is 347 g/mol. The van der Waals surface area contributed by atoms with Gasteiger partial charge >= 0.3 is 0 Å². The van der Waals surface area contributed by atoms with Crippen LogP contribution >= 0.6 is 11.3 Å². The van der Waals surface area contributed by atoms with Crippen LogP contribution in [0.4, 0.5) is 5.69 Å². The van der Waals surface area contributed by atoms with Crippen LogP contribution in [0.5, 0.6) is 0 Å². The molecule has 0 spiro atoms. The minimum atomic E-state index is -0.232. The Morgan fingerprint density at radius 1 is 1.08 bits per heavy atom. The maximum atomic E-state index is 12.3. The van der Waals surface area contributed by atoms with Gasteiger partial charge in [-0.1, -0.05) is 12.0 Å². The number of carbonyl (C=O) groups is 1. The lowest BCUT2D eigenvalue weighted by Gasteiger charge is -2.07. The summed E-state index contributed by atoms with van der Waals surface area (Å²) in [5, 5.41) is 3.87. The van der Waals surface area contributed by atoms with E-state index in [1.165, 1.54) is 0 Å². The largest absolute Gasteiger partial charge is 0.321 e. The molecule has 25 heavy (non-hydrogen) atoms. The summed E-state index contributed by atoms with van der Waals surface area (Å²) in [5.74, 6) is 6.05. The van der Waals surface area contributed by atoms with E-state index in [1.807, 2.05) is 45.0 Å². The fraction of sp³-hybridized carbons (Fsp3) is 0.150. The topological polar surface area (TPSA) is 54.9 Å². The number of hydrogen-bond acceptors (Lipinski definition) is 4. The monoisotopic (exact) mass is 347 g/mol. The van der Waals surface area contributed by atoms with E-state index in [2.05, 4.69) is 27.1 Å². The van der Waals surface area contributed by atoms with Crippen LogP contribution in [0.1, 0.15) is 37.1 Å². The molecule has 0 atom stereocenters. The van der Waals surface area contributed by atoms with Crippen LogP contribution in [0.15, 0.2) is 42.7 Å². The van der Waals surface area contributed by atoms with Crippen molar-refractivity contribution in [2.24, 2.45) is 0 Å². The lowest BCUT2D eigenvalue weighted by molar-refractivity contribution is 0.102. The van der Waals surface area contributed by atoms with Gasteiger partial charge in [0.15, 0.2) is 0 Å². The molecule has 124 valence electrons. The van der Waals surface area contributed by atoms with Gasteiger partial charge in [0.1, 0.15) is 5.69 Å². The van der Waals surface area contributed by atoms with E-state index in [1.54, 1.807) is 29.8 Å². The molecule has 0 unspecified atom stereocenters. The van der Waals surface area contributed by atoms with Gasteiger partial charge in [0, 0.05) is 17.4 Å². The third-order valence-corrected chi connectivity index (χ3v) is 4.41. The number of rotatable bonds is 2. The molecule has 0 radical (unpaired) electrons. The van der Waals surface area contributed by atoms with Crippen molar-refractivity contribution in [3.63, 3.8) is 0 Å². The highest BCUT2D eigenvalue weighted by atomic mass is 32.1. The second-order valence-electron chi connectivity index (χ2n) is 5.70. The predicted molar refractivity (Wildman–Crippen MR) is 101 cm³/mol. The van der Waals surface area contributed by atoms with Crippen LogP contribution in [-0.4, -0.2) is 15.9 Å². The summed E-state index contributed by atoms with van der Waals surface area (Å²) in [7, 11) is 0. The molecule has 0 aliphatic rings. The summed E-state index contributed by atoms with van der Waals surface area (Å²) in [6.07, 6.45) is 3.41. The second-order valence-corrected chi connectivity index (χ2v) is 6.93. The van der Waals surface area contributed by atoms with Crippen LogP contribution in [0.25, 0.3) is 0 Å². The molecule has 0 saturated heterocycles. The van der Waals surface area contributed by atoms with Gasteiger partial charge < -0.3 is 5.32 Å². The summed E-state index contributed by atoms with van der Waals surface area (Å²) < 4.78 is 0. The van der Waals surface area contributed by atoms with Crippen LogP contribution < -0.4 is 5.32 Å².